The molecule has 126 valence electrons. The lowest BCUT2D eigenvalue weighted by Crippen LogP contribution is -2.11. The van der Waals surface area contributed by atoms with Crippen molar-refractivity contribution < 1.29 is 8.73 Å². The minimum Gasteiger partial charge on any atom is -0.339 e. The van der Waals surface area contributed by atoms with Crippen molar-refractivity contribution in [1.82, 2.24) is 19.9 Å². The van der Waals surface area contributed by atoms with E-state index in [-0.39, 0.29) is 11.2 Å². The van der Waals surface area contributed by atoms with E-state index in [0.29, 0.717) is 17.5 Å². The summed E-state index contributed by atoms with van der Waals surface area (Å²) in [5.74, 6) is 1.72. The van der Waals surface area contributed by atoms with Crippen molar-refractivity contribution in [3.63, 3.8) is 0 Å². The normalized spacial score (nSPS) is 13.1. The molecule has 7 heteroatoms. The predicted octanol–water partition coefficient (Wildman–Crippen LogP) is 3.00. The number of hydrogen-bond acceptors (Lipinski definition) is 5. The number of nitrogens with zero attached hydrogens (tertiary/aromatic N) is 4. The number of aromatic nitrogens is 4. The molecule has 0 amide bonds. The zero-order chi connectivity index (χ0) is 17.2. The van der Waals surface area contributed by atoms with Crippen LogP contribution < -0.4 is 0 Å². The van der Waals surface area contributed by atoms with Crippen LogP contribution >= 0.6 is 0 Å². The van der Waals surface area contributed by atoms with Crippen LogP contribution in [0, 0.1) is 0 Å². The minimum absolute atomic E-state index is 0.205. The molecule has 1 aromatic carbocycles. The maximum absolute atomic E-state index is 12.3. The Hall–Kier alpha value is -2.28. The van der Waals surface area contributed by atoms with Gasteiger partial charge in [-0.1, -0.05) is 44.1 Å². The smallest absolute Gasteiger partial charge is 0.232 e. The van der Waals surface area contributed by atoms with Crippen LogP contribution in [0.5, 0.6) is 0 Å². The average Bonchev–Trinajstić information content (AvgIpc) is 3.17. The summed E-state index contributed by atoms with van der Waals surface area (Å²) in [6.07, 6.45) is 3.63. The zero-order valence-corrected chi connectivity index (χ0v) is 14.8. The second-order valence-electron chi connectivity index (χ2n) is 6.62. The molecule has 0 aliphatic carbocycles. The summed E-state index contributed by atoms with van der Waals surface area (Å²) in [7, 11) is -1.12. The SMILES string of the molecule is CC(C)(C)c1nc(C[S@@](=O)Cc2cnn(-c3ccccc3)c2)no1. The van der Waals surface area contributed by atoms with Crippen molar-refractivity contribution in [2.75, 3.05) is 0 Å². The topological polar surface area (TPSA) is 73.8 Å². The number of para-hydroxylation sites is 1. The lowest BCUT2D eigenvalue weighted by molar-refractivity contribution is 0.319. The van der Waals surface area contributed by atoms with E-state index < -0.39 is 10.8 Å². The fourth-order valence-corrected chi connectivity index (χ4v) is 3.18. The Morgan fingerprint density at radius 2 is 1.92 bits per heavy atom. The molecule has 0 aliphatic heterocycles. The summed E-state index contributed by atoms with van der Waals surface area (Å²) in [4.78, 5) is 4.32. The van der Waals surface area contributed by atoms with Crippen LogP contribution in [0.3, 0.4) is 0 Å². The fourth-order valence-electron chi connectivity index (χ4n) is 2.15. The first-order chi connectivity index (χ1) is 11.4. The van der Waals surface area contributed by atoms with Gasteiger partial charge in [0.2, 0.25) is 5.89 Å². The second kappa shape index (κ2) is 6.68. The Morgan fingerprint density at radius 3 is 2.58 bits per heavy atom. The summed E-state index contributed by atoms with van der Waals surface area (Å²) in [6, 6.07) is 9.82. The molecule has 0 spiro atoms. The summed E-state index contributed by atoms with van der Waals surface area (Å²) in [6.45, 7) is 6.00. The van der Waals surface area contributed by atoms with Gasteiger partial charge in [-0.05, 0) is 12.1 Å². The van der Waals surface area contributed by atoms with E-state index in [2.05, 4.69) is 15.2 Å². The molecule has 3 aromatic rings. The first-order valence-electron chi connectivity index (χ1n) is 7.69. The van der Waals surface area contributed by atoms with Crippen LogP contribution in [0.15, 0.2) is 47.2 Å². The van der Waals surface area contributed by atoms with E-state index >= 15 is 0 Å². The first-order valence-corrected chi connectivity index (χ1v) is 9.17. The van der Waals surface area contributed by atoms with Gasteiger partial charge in [0.25, 0.3) is 0 Å². The molecule has 2 aromatic heterocycles. The van der Waals surface area contributed by atoms with Crippen molar-refractivity contribution in [2.45, 2.75) is 37.7 Å². The van der Waals surface area contributed by atoms with E-state index in [1.807, 2.05) is 57.3 Å². The number of hydrogen-bond donors (Lipinski definition) is 0. The summed E-state index contributed by atoms with van der Waals surface area (Å²) < 4.78 is 19.3. The minimum atomic E-state index is -1.12. The maximum Gasteiger partial charge on any atom is 0.232 e. The molecule has 0 radical (unpaired) electrons. The fraction of sp³-hybridized carbons (Fsp3) is 0.353. The molecule has 24 heavy (non-hydrogen) atoms. The zero-order valence-electron chi connectivity index (χ0n) is 14.0. The molecule has 0 fully saturated rings. The van der Waals surface area contributed by atoms with Crippen molar-refractivity contribution in [1.29, 1.82) is 0 Å². The monoisotopic (exact) mass is 344 g/mol. The van der Waals surface area contributed by atoms with E-state index in [4.69, 9.17) is 4.52 Å². The molecule has 2 heterocycles. The Labute approximate surface area is 143 Å². The van der Waals surface area contributed by atoms with Gasteiger partial charge in [0.1, 0.15) is 0 Å². The third kappa shape index (κ3) is 3.97. The molecular formula is C17H20N4O2S. The van der Waals surface area contributed by atoms with Gasteiger partial charge in [-0.25, -0.2) is 4.68 Å². The highest BCUT2D eigenvalue weighted by Gasteiger charge is 2.22. The highest BCUT2D eigenvalue weighted by Crippen LogP contribution is 2.20. The van der Waals surface area contributed by atoms with Gasteiger partial charge in [0.15, 0.2) is 5.82 Å². The van der Waals surface area contributed by atoms with Crippen LogP contribution in [0.25, 0.3) is 5.69 Å². The molecular weight excluding hydrogens is 324 g/mol. The summed E-state index contributed by atoms with van der Waals surface area (Å²) >= 11 is 0. The average molecular weight is 344 g/mol. The highest BCUT2D eigenvalue weighted by atomic mass is 32.2. The molecule has 0 saturated carbocycles. The lowest BCUT2D eigenvalue weighted by Gasteiger charge is -2.10. The molecule has 0 bridgehead atoms. The molecule has 6 nitrogen and oxygen atoms in total. The summed E-state index contributed by atoms with van der Waals surface area (Å²) in [5, 5.41) is 8.23. The van der Waals surface area contributed by atoms with Crippen LogP contribution in [-0.2, 0) is 27.7 Å². The van der Waals surface area contributed by atoms with E-state index in [1.165, 1.54) is 0 Å². The van der Waals surface area contributed by atoms with Gasteiger partial charge in [-0.15, -0.1) is 0 Å². The largest absolute Gasteiger partial charge is 0.339 e. The van der Waals surface area contributed by atoms with Gasteiger partial charge in [-0.2, -0.15) is 10.1 Å². The molecule has 0 aliphatic rings. The number of benzene rings is 1. The van der Waals surface area contributed by atoms with Crippen molar-refractivity contribution in [2.24, 2.45) is 0 Å². The standard InChI is InChI=1S/C17H20N4O2S/c1-17(2,3)16-19-15(20-23-16)12-24(22)11-13-9-18-21(10-13)14-7-5-4-6-8-14/h4-10H,11-12H2,1-3H3/t24-/m0/s1. The third-order valence-electron chi connectivity index (χ3n) is 3.38. The Morgan fingerprint density at radius 1 is 1.17 bits per heavy atom. The quantitative estimate of drug-likeness (QED) is 0.711. The molecule has 1 atom stereocenters. The van der Waals surface area contributed by atoms with Gasteiger partial charge in [-0.3, -0.25) is 4.21 Å². The lowest BCUT2D eigenvalue weighted by atomic mass is 9.97. The summed E-state index contributed by atoms with van der Waals surface area (Å²) in [5.41, 5.74) is 1.68. The van der Waals surface area contributed by atoms with Crippen LogP contribution in [0.2, 0.25) is 0 Å². The van der Waals surface area contributed by atoms with Crippen molar-refractivity contribution in [3.05, 3.63) is 60.0 Å². The van der Waals surface area contributed by atoms with Crippen LogP contribution in [0.4, 0.5) is 0 Å². The number of rotatable bonds is 5. The van der Waals surface area contributed by atoms with E-state index in [9.17, 15) is 4.21 Å². The van der Waals surface area contributed by atoms with Gasteiger partial charge in [0.05, 0.1) is 23.4 Å². The van der Waals surface area contributed by atoms with Crippen LogP contribution in [-0.4, -0.2) is 24.1 Å². The van der Waals surface area contributed by atoms with Crippen LogP contribution in [0.1, 0.15) is 38.0 Å². The molecule has 0 unspecified atom stereocenters. The second-order valence-corrected chi connectivity index (χ2v) is 8.08. The third-order valence-corrected chi connectivity index (χ3v) is 4.62. The van der Waals surface area contributed by atoms with Gasteiger partial charge >= 0.3 is 0 Å². The van der Waals surface area contributed by atoms with Crippen molar-refractivity contribution >= 4 is 10.8 Å². The van der Waals surface area contributed by atoms with Crippen molar-refractivity contribution in [3.8, 4) is 5.69 Å². The Balaban J connectivity index is 1.63. The van der Waals surface area contributed by atoms with Gasteiger partial charge in [0, 0.05) is 28.0 Å². The Bertz CT molecular complexity index is 834. The molecule has 0 saturated heterocycles. The Kier molecular flexibility index (Phi) is 4.62. The predicted molar refractivity (Wildman–Crippen MR) is 92.1 cm³/mol. The highest BCUT2D eigenvalue weighted by molar-refractivity contribution is 7.83. The van der Waals surface area contributed by atoms with Gasteiger partial charge < -0.3 is 4.52 Å². The first kappa shape index (κ1) is 16.6. The molecule has 0 N–H and O–H groups in total. The molecule has 3 rings (SSSR count). The van der Waals surface area contributed by atoms with E-state index in [1.54, 1.807) is 10.9 Å². The van der Waals surface area contributed by atoms with E-state index in [0.717, 1.165) is 11.3 Å². The maximum atomic E-state index is 12.3.